The first-order chi connectivity index (χ1) is 10.7. The number of carbonyl (C=O) groups excluding carboxylic acids is 1. The number of aryl methyl sites for hydroxylation is 2. The fraction of sp³-hybridized carbons (Fsp3) is 0.231. The third-order valence-electron chi connectivity index (χ3n) is 3.04. The number of nitrogens with one attached hydrogen (secondary N) is 1. The number of rotatable bonds is 4. The van der Waals surface area contributed by atoms with Gasteiger partial charge >= 0.3 is 0 Å². The monoisotopic (exact) mass is 315 g/mol. The summed E-state index contributed by atoms with van der Waals surface area (Å²) in [5.74, 6) is -0.217. The lowest BCUT2D eigenvalue weighted by Crippen LogP contribution is -2.12. The van der Waals surface area contributed by atoms with Crippen molar-refractivity contribution in [3.05, 3.63) is 40.7 Å². The Balaban J connectivity index is 1.80. The number of benzene rings is 1. The summed E-state index contributed by atoms with van der Waals surface area (Å²) < 4.78 is 1.55. The molecule has 0 atom stereocenters. The summed E-state index contributed by atoms with van der Waals surface area (Å²) in [6, 6.07) is 5.31. The maximum Gasteiger partial charge on any atom is 0.257 e. The molecule has 0 aliphatic carbocycles. The zero-order chi connectivity index (χ0) is 15.5. The fourth-order valence-electron chi connectivity index (χ4n) is 1.94. The Bertz CT molecular complexity index is 797. The number of aromatic nitrogens is 6. The second kappa shape index (κ2) is 5.98. The van der Waals surface area contributed by atoms with Gasteiger partial charge in [0.25, 0.3) is 5.91 Å². The summed E-state index contributed by atoms with van der Waals surface area (Å²) in [5, 5.41) is 23.1. The minimum Gasteiger partial charge on any atom is -0.296 e. The van der Waals surface area contributed by atoms with Gasteiger partial charge in [0.2, 0.25) is 5.13 Å². The number of tetrazole rings is 1. The average Bonchev–Trinajstić information content (AvgIpc) is 3.18. The van der Waals surface area contributed by atoms with Gasteiger partial charge < -0.3 is 0 Å². The smallest absolute Gasteiger partial charge is 0.257 e. The van der Waals surface area contributed by atoms with E-state index < -0.39 is 0 Å². The third kappa shape index (κ3) is 2.84. The van der Waals surface area contributed by atoms with Gasteiger partial charge in [-0.2, -0.15) is 0 Å². The van der Waals surface area contributed by atoms with E-state index in [-0.39, 0.29) is 5.91 Å². The first-order valence-corrected chi connectivity index (χ1v) is 7.46. The molecule has 0 saturated carbocycles. The van der Waals surface area contributed by atoms with E-state index in [0.717, 1.165) is 22.7 Å². The largest absolute Gasteiger partial charge is 0.296 e. The second-order valence-corrected chi connectivity index (χ2v) is 5.63. The van der Waals surface area contributed by atoms with E-state index in [1.807, 2.05) is 13.8 Å². The van der Waals surface area contributed by atoms with Crippen molar-refractivity contribution < 1.29 is 4.79 Å². The Labute approximate surface area is 130 Å². The minimum atomic E-state index is -0.217. The van der Waals surface area contributed by atoms with Gasteiger partial charge in [-0.1, -0.05) is 18.3 Å². The predicted octanol–water partition coefficient (Wildman–Crippen LogP) is 1.64. The van der Waals surface area contributed by atoms with Crippen LogP contribution in [0.1, 0.15) is 27.9 Å². The first kappa shape index (κ1) is 14.3. The van der Waals surface area contributed by atoms with Crippen molar-refractivity contribution in [2.24, 2.45) is 0 Å². The topological polar surface area (TPSA) is 98.5 Å². The maximum absolute atomic E-state index is 12.2. The highest BCUT2D eigenvalue weighted by Crippen LogP contribution is 2.18. The van der Waals surface area contributed by atoms with Gasteiger partial charge in [-0.15, -0.1) is 15.3 Å². The Morgan fingerprint density at radius 2 is 2.23 bits per heavy atom. The van der Waals surface area contributed by atoms with E-state index in [0.29, 0.717) is 10.7 Å². The molecule has 0 spiro atoms. The number of hydrogen-bond acceptors (Lipinski definition) is 7. The molecule has 0 unspecified atom stereocenters. The molecule has 0 radical (unpaired) electrons. The molecule has 9 heteroatoms. The molecule has 1 N–H and O–H groups in total. The molecule has 3 aromatic rings. The van der Waals surface area contributed by atoms with E-state index in [9.17, 15) is 4.79 Å². The number of amides is 1. The van der Waals surface area contributed by atoms with Crippen LogP contribution in [0.15, 0.2) is 24.5 Å². The van der Waals surface area contributed by atoms with Crippen molar-refractivity contribution in [2.75, 3.05) is 5.32 Å². The van der Waals surface area contributed by atoms with Crippen LogP contribution in [-0.4, -0.2) is 36.3 Å². The third-order valence-corrected chi connectivity index (χ3v) is 4.03. The molecule has 1 amide bonds. The number of hydrogen-bond donors (Lipinski definition) is 1. The molecule has 0 saturated heterocycles. The quantitative estimate of drug-likeness (QED) is 0.786. The fourth-order valence-corrected chi connectivity index (χ4v) is 2.62. The summed E-state index contributed by atoms with van der Waals surface area (Å²) in [6.45, 7) is 3.89. The molecule has 1 aromatic carbocycles. The summed E-state index contributed by atoms with van der Waals surface area (Å²) in [4.78, 5) is 12.2. The van der Waals surface area contributed by atoms with Crippen LogP contribution in [0.25, 0.3) is 5.69 Å². The normalized spacial score (nSPS) is 10.6. The molecule has 2 heterocycles. The lowest BCUT2D eigenvalue weighted by Gasteiger charge is -2.07. The molecule has 112 valence electrons. The van der Waals surface area contributed by atoms with Crippen molar-refractivity contribution in [3.8, 4) is 5.69 Å². The predicted molar refractivity (Wildman–Crippen MR) is 81.1 cm³/mol. The van der Waals surface area contributed by atoms with Gasteiger partial charge in [-0.3, -0.25) is 10.1 Å². The Hall–Kier alpha value is -2.68. The van der Waals surface area contributed by atoms with E-state index >= 15 is 0 Å². The van der Waals surface area contributed by atoms with Crippen LogP contribution in [-0.2, 0) is 6.42 Å². The van der Waals surface area contributed by atoms with Crippen molar-refractivity contribution in [3.63, 3.8) is 0 Å². The van der Waals surface area contributed by atoms with Crippen molar-refractivity contribution >= 4 is 22.4 Å². The van der Waals surface area contributed by atoms with Crippen LogP contribution in [0.4, 0.5) is 5.13 Å². The van der Waals surface area contributed by atoms with E-state index in [4.69, 9.17) is 0 Å². The SMILES string of the molecule is CCc1nnc(NC(=O)c2ccc(-n3cnnn3)c(C)c2)s1. The summed E-state index contributed by atoms with van der Waals surface area (Å²) in [5.41, 5.74) is 2.26. The van der Waals surface area contributed by atoms with Gasteiger partial charge in [-0.05, 0) is 47.5 Å². The van der Waals surface area contributed by atoms with Crippen molar-refractivity contribution in [1.29, 1.82) is 0 Å². The van der Waals surface area contributed by atoms with Gasteiger partial charge in [0.1, 0.15) is 11.3 Å². The standard InChI is InChI=1S/C13H13N7OS/c1-3-11-16-17-13(22-11)15-12(21)9-4-5-10(8(2)6-9)20-7-14-18-19-20/h4-7H,3H2,1-2H3,(H,15,17,21). The van der Waals surface area contributed by atoms with Crippen LogP contribution in [0.2, 0.25) is 0 Å². The summed E-state index contributed by atoms with van der Waals surface area (Å²) >= 11 is 1.38. The molecular weight excluding hydrogens is 302 g/mol. The van der Waals surface area contributed by atoms with Crippen molar-refractivity contribution in [1.82, 2.24) is 30.4 Å². The zero-order valence-corrected chi connectivity index (χ0v) is 12.8. The van der Waals surface area contributed by atoms with Gasteiger partial charge in [-0.25, -0.2) is 4.68 Å². The molecule has 0 bridgehead atoms. The molecular formula is C13H13N7OS. The lowest BCUT2D eigenvalue weighted by atomic mass is 10.1. The van der Waals surface area contributed by atoms with Crippen LogP contribution >= 0.6 is 11.3 Å². The maximum atomic E-state index is 12.2. The molecule has 3 rings (SSSR count). The van der Waals surface area contributed by atoms with Crippen LogP contribution < -0.4 is 5.32 Å². The lowest BCUT2D eigenvalue weighted by molar-refractivity contribution is 0.102. The average molecular weight is 315 g/mol. The molecule has 2 aromatic heterocycles. The van der Waals surface area contributed by atoms with E-state index in [1.54, 1.807) is 22.9 Å². The van der Waals surface area contributed by atoms with E-state index in [2.05, 4.69) is 31.0 Å². The highest BCUT2D eigenvalue weighted by molar-refractivity contribution is 7.15. The van der Waals surface area contributed by atoms with Gasteiger partial charge in [0, 0.05) is 5.56 Å². The second-order valence-electron chi connectivity index (χ2n) is 4.56. The van der Waals surface area contributed by atoms with Crippen molar-refractivity contribution in [2.45, 2.75) is 20.3 Å². The molecule has 0 fully saturated rings. The summed E-state index contributed by atoms with van der Waals surface area (Å²) in [6.07, 6.45) is 2.31. The molecule has 8 nitrogen and oxygen atoms in total. The Kier molecular flexibility index (Phi) is 3.88. The number of anilines is 1. The Morgan fingerprint density at radius 3 is 2.86 bits per heavy atom. The van der Waals surface area contributed by atoms with Gasteiger partial charge in [0.15, 0.2) is 0 Å². The van der Waals surface area contributed by atoms with Crippen LogP contribution in [0.5, 0.6) is 0 Å². The van der Waals surface area contributed by atoms with E-state index in [1.165, 1.54) is 17.7 Å². The molecule has 22 heavy (non-hydrogen) atoms. The van der Waals surface area contributed by atoms with Gasteiger partial charge in [0.05, 0.1) is 5.69 Å². The van der Waals surface area contributed by atoms with Crippen LogP contribution in [0.3, 0.4) is 0 Å². The minimum absolute atomic E-state index is 0.217. The highest BCUT2D eigenvalue weighted by Gasteiger charge is 2.12. The highest BCUT2D eigenvalue weighted by atomic mass is 32.1. The summed E-state index contributed by atoms with van der Waals surface area (Å²) in [7, 11) is 0. The van der Waals surface area contributed by atoms with Crippen LogP contribution in [0, 0.1) is 6.92 Å². The number of nitrogens with zero attached hydrogens (tertiary/aromatic N) is 6. The first-order valence-electron chi connectivity index (χ1n) is 6.65. The molecule has 0 aliphatic heterocycles. The Morgan fingerprint density at radius 1 is 1.36 bits per heavy atom. The zero-order valence-electron chi connectivity index (χ0n) is 12.0. The number of carbonyl (C=O) groups is 1. The molecule has 0 aliphatic rings.